The molecule has 3 unspecified atom stereocenters. The fourth-order valence-corrected chi connectivity index (χ4v) is 4.30. The minimum Gasteiger partial charge on any atom is -0.352 e. The Morgan fingerprint density at radius 2 is 1.71 bits per heavy atom. The lowest BCUT2D eigenvalue weighted by Crippen LogP contribution is -2.65. The van der Waals surface area contributed by atoms with Gasteiger partial charge in [-0.1, -0.05) is 0 Å². The van der Waals surface area contributed by atoms with Crippen LogP contribution < -0.4 is 5.32 Å². The van der Waals surface area contributed by atoms with Crippen molar-refractivity contribution in [2.75, 3.05) is 19.6 Å². The van der Waals surface area contributed by atoms with Crippen LogP contribution in [0.5, 0.6) is 0 Å². The highest BCUT2D eigenvalue weighted by Crippen LogP contribution is 2.43. The van der Waals surface area contributed by atoms with Crippen molar-refractivity contribution in [3.8, 4) is 0 Å². The summed E-state index contributed by atoms with van der Waals surface area (Å²) in [6.07, 6.45) is -2.90. The van der Waals surface area contributed by atoms with Crippen LogP contribution in [-0.4, -0.2) is 48.4 Å². The Bertz CT molecular complexity index is 436. The van der Waals surface area contributed by atoms with E-state index in [2.05, 4.69) is 10.2 Å². The maximum absolute atomic E-state index is 12.4. The summed E-state index contributed by atoms with van der Waals surface area (Å²) in [5.41, 5.74) is 0. The zero-order valence-corrected chi connectivity index (χ0v) is 11.8. The Labute approximate surface area is 121 Å². The molecular weight excluding hydrogens is 285 g/mol. The minimum atomic E-state index is -4.95. The minimum absolute atomic E-state index is 0.0752. The van der Waals surface area contributed by atoms with Gasteiger partial charge >= 0.3 is 6.18 Å². The summed E-state index contributed by atoms with van der Waals surface area (Å²) >= 11 is 0. The van der Waals surface area contributed by atoms with Crippen molar-refractivity contribution in [3.63, 3.8) is 0 Å². The second-order valence-electron chi connectivity index (χ2n) is 6.69. The van der Waals surface area contributed by atoms with Gasteiger partial charge in [-0.05, 0) is 37.5 Å². The average Bonchev–Trinajstić information content (AvgIpc) is 2.39. The summed E-state index contributed by atoms with van der Waals surface area (Å²) in [5.74, 6) is -3.13. The summed E-state index contributed by atoms with van der Waals surface area (Å²) in [4.78, 5) is 25.5. The van der Waals surface area contributed by atoms with Gasteiger partial charge in [-0.15, -0.1) is 0 Å². The van der Waals surface area contributed by atoms with Crippen molar-refractivity contribution in [1.29, 1.82) is 0 Å². The number of carbonyl (C=O) groups is 2. The molecule has 118 valence electrons. The number of rotatable bonds is 3. The first kappa shape index (κ1) is 14.8. The number of hydrogen-bond donors (Lipinski definition) is 1. The largest absolute Gasteiger partial charge is 0.450 e. The molecule has 21 heavy (non-hydrogen) atoms. The summed E-state index contributed by atoms with van der Waals surface area (Å²) < 4.78 is 37.2. The summed E-state index contributed by atoms with van der Waals surface area (Å²) in [6.45, 7) is 3.94. The fourth-order valence-electron chi connectivity index (χ4n) is 4.30. The topological polar surface area (TPSA) is 49.4 Å². The van der Waals surface area contributed by atoms with Crippen LogP contribution in [0.2, 0.25) is 0 Å². The lowest BCUT2D eigenvalue weighted by atomic mass is 9.65. The molecule has 4 rings (SSSR count). The molecule has 0 radical (unpaired) electrons. The van der Waals surface area contributed by atoms with Crippen molar-refractivity contribution in [2.45, 2.75) is 32.0 Å². The SMILES string of the molecule is CC(C(=O)NC1C2CC3CC1CN(C3)C2)C(=O)C(F)(F)F. The Morgan fingerprint density at radius 1 is 1.14 bits per heavy atom. The molecule has 4 fully saturated rings. The molecule has 1 aliphatic carbocycles. The molecular formula is C14H19F3N2O2. The van der Waals surface area contributed by atoms with E-state index in [-0.39, 0.29) is 6.04 Å². The van der Waals surface area contributed by atoms with E-state index in [1.165, 1.54) is 0 Å². The standard InChI is InChI=1S/C14H19F3N2O2/c1-7(12(20)14(15,16)17)13(21)18-11-9-2-8-3-10(11)6-19(4-8)5-9/h7-11H,2-6H2,1H3,(H,18,21). The Kier molecular flexibility index (Phi) is 3.50. The van der Waals surface area contributed by atoms with Crippen LogP contribution in [0.4, 0.5) is 13.2 Å². The van der Waals surface area contributed by atoms with Crippen LogP contribution in [0.25, 0.3) is 0 Å². The number of nitrogens with zero attached hydrogens (tertiary/aromatic N) is 1. The van der Waals surface area contributed by atoms with Gasteiger partial charge < -0.3 is 10.2 Å². The fraction of sp³-hybridized carbons (Fsp3) is 0.857. The second-order valence-corrected chi connectivity index (χ2v) is 6.69. The molecule has 1 N–H and O–H groups in total. The van der Waals surface area contributed by atoms with E-state index in [0.717, 1.165) is 39.4 Å². The van der Waals surface area contributed by atoms with Crippen molar-refractivity contribution in [2.24, 2.45) is 23.7 Å². The number of piperidine rings is 3. The van der Waals surface area contributed by atoms with Crippen LogP contribution in [0.15, 0.2) is 0 Å². The molecule has 3 saturated heterocycles. The Balaban J connectivity index is 1.64. The molecule has 3 aliphatic heterocycles. The van der Waals surface area contributed by atoms with E-state index in [1.807, 2.05) is 0 Å². The predicted octanol–water partition coefficient (Wildman–Crippen LogP) is 1.21. The number of amides is 1. The normalized spacial score (nSPS) is 39.1. The van der Waals surface area contributed by atoms with Crippen molar-refractivity contribution in [1.82, 2.24) is 10.2 Å². The van der Waals surface area contributed by atoms with Gasteiger partial charge in [0.25, 0.3) is 0 Å². The molecule has 1 amide bonds. The first-order valence-corrected chi connectivity index (χ1v) is 7.39. The third-order valence-electron chi connectivity index (χ3n) is 5.16. The number of Topliss-reactive ketones (excluding diaryl/α,β-unsaturated/α-hetero) is 1. The van der Waals surface area contributed by atoms with E-state index < -0.39 is 23.8 Å². The third kappa shape index (κ3) is 2.67. The Morgan fingerprint density at radius 3 is 2.19 bits per heavy atom. The van der Waals surface area contributed by atoms with Gasteiger partial charge in [-0.3, -0.25) is 9.59 Å². The van der Waals surface area contributed by atoms with Crippen molar-refractivity contribution in [3.05, 3.63) is 0 Å². The van der Waals surface area contributed by atoms with Gasteiger partial charge in [0.2, 0.25) is 11.7 Å². The molecule has 0 aromatic carbocycles. The number of nitrogens with one attached hydrogen (secondary N) is 1. The maximum Gasteiger partial charge on any atom is 0.450 e. The monoisotopic (exact) mass is 304 g/mol. The van der Waals surface area contributed by atoms with E-state index >= 15 is 0 Å². The highest BCUT2D eigenvalue weighted by atomic mass is 19.4. The molecule has 7 heteroatoms. The molecule has 4 bridgehead atoms. The predicted molar refractivity (Wildman–Crippen MR) is 68.3 cm³/mol. The number of ketones is 1. The highest BCUT2D eigenvalue weighted by molar-refractivity contribution is 6.03. The maximum atomic E-state index is 12.4. The van der Waals surface area contributed by atoms with Gasteiger partial charge in [0.05, 0.1) is 0 Å². The lowest BCUT2D eigenvalue weighted by Gasteiger charge is -2.56. The van der Waals surface area contributed by atoms with Gasteiger partial charge in [0.1, 0.15) is 5.92 Å². The molecule has 4 nitrogen and oxygen atoms in total. The average molecular weight is 304 g/mol. The van der Waals surface area contributed by atoms with Crippen LogP contribution in [0.3, 0.4) is 0 Å². The summed E-state index contributed by atoms with van der Waals surface area (Å²) in [6, 6.07) is -0.0752. The van der Waals surface area contributed by atoms with Crippen LogP contribution in [0.1, 0.15) is 19.8 Å². The molecule has 0 spiro atoms. The Hall–Kier alpha value is -1.11. The van der Waals surface area contributed by atoms with Crippen molar-refractivity contribution >= 4 is 11.7 Å². The molecule has 0 aromatic heterocycles. The smallest absolute Gasteiger partial charge is 0.352 e. The van der Waals surface area contributed by atoms with Gasteiger partial charge in [0.15, 0.2) is 0 Å². The number of halogens is 3. The quantitative estimate of drug-likeness (QED) is 0.797. The van der Waals surface area contributed by atoms with Crippen LogP contribution in [0, 0.1) is 23.7 Å². The van der Waals surface area contributed by atoms with E-state index in [9.17, 15) is 22.8 Å². The van der Waals surface area contributed by atoms with Gasteiger partial charge in [-0.25, -0.2) is 0 Å². The van der Waals surface area contributed by atoms with E-state index in [4.69, 9.17) is 0 Å². The molecule has 1 saturated carbocycles. The third-order valence-corrected chi connectivity index (χ3v) is 5.16. The molecule has 3 heterocycles. The van der Waals surface area contributed by atoms with Gasteiger partial charge in [0, 0.05) is 25.7 Å². The molecule has 0 aromatic rings. The van der Waals surface area contributed by atoms with Crippen LogP contribution >= 0.6 is 0 Å². The number of carbonyl (C=O) groups excluding carboxylic acids is 2. The number of hydrogen-bond acceptors (Lipinski definition) is 3. The highest BCUT2D eigenvalue weighted by Gasteiger charge is 2.49. The van der Waals surface area contributed by atoms with Crippen LogP contribution in [-0.2, 0) is 9.59 Å². The summed E-state index contributed by atoms with van der Waals surface area (Å²) in [5, 5.41) is 2.73. The van der Waals surface area contributed by atoms with E-state index in [0.29, 0.717) is 17.8 Å². The van der Waals surface area contributed by atoms with E-state index in [1.54, 1.807) is 0 Å². The lowest BCUT2D eigenvalue weighted by molar-refractivity contribution is -0.176. The number of alkyl halides is 3. The van der Waals surface area contributed by atoms with Gasteiger partial charge in [-0.2, -0.15) is 13.2 Å². The summed E-state index contributed by atoms with van der Waals surface area (Å²) in [7, 11) is 0. The zero-order valence-electron chi connectivity index (χ0n) is 11.8. The first-order valence-electron chi connectivity index (χ1n) is 7.39. The first-order chi connectivity index (χ1) is 9.75. The van der Waals surface area contributed by atoms with Crippen molar-refractivity contribution < 1.29 is 22.8 Å². The zero-order chi connectivity index (χ0) is 15.4. The molecule has 3 atom stereocenters. The second kappa shape index (κ2) is 4.97. The molecule has 4 aliphatic rings.